The van der Waals surface area contributed by atoms with Crippen LogP contribution in [-0.2, 0) is 11.3 Å². The van der Waals surface area contributed by atoms with E-state index in [1.165, 1.54) is 18.4 Å². The highest BCUT2D eigenvalue weighted by Gasteiger charge is 2.21. The second-order valence-electron chi connectivity index (χ2n) is 6.21. The zero-order valence-electron chi connectivity index (χ0n) is 14.9. The highest BCUT2D eigenvalue weighted by Crippen LogP contribution is 2.20. The van der Waals surface area contributed by atoms with E-state index in [4.69, 9.17) is 0 Å². The number of hydrogen-bond donors (Lipinski definition) is 0. The minimum Gasteiger partial charge on any atom is -0.464 e. The molecule has 3 rings (SSSR count). The van der Waals surface area contributed by atoms with Gasteiger partial charge in [-0.15, -0.1) is 11.3 Å². The zero-order chi connectivity index (χ0) is 18.7. The third kappa shape index (κ3) is 3.75. The van der Waals surface area contributed by atoms with E-state index in [9.17, 15) is 9.59 Å². The summed E-state index contributed by atoms with van der Waals surface area (Å²) < 4.78 is 4.68. The normalized spacial score (nSPS) is 10.9. The molecule has 0 radical (unpaired) electrons. The fourth-order valence-electron chi connectivity index (χ4n) is 2.70. The van der Waals surface area contributed by atoms with Gasteiger partial charge in [0.05, 0.1) is 13.7 Å². The maximum atomic E-state index is 13.0. The third-order valence-corrected chi connectivity index (χ3v) is 4.97. The number of fused-ring (bicyclic) bond motifs is 1. The molecule has 5 nitrogen and oxygen atoms in total. The van der Waals surface area contributed by atoms with Crippen molar-refractivity contribution >= 4 is 34.0 Å². The molecular weight excluding hydrogens is 348 g/mol. The number of benzene rings is 2. The van der Waals surface area contributed by atoms with Crippen LogP contribution in [0.5, 0.6) is 0 Å². The number of carbonyl (C=O) groups is 2. The van der Waals surface area contributed by atoms with E-state index >= 15 is 0 Å². The van der Waals surface area contributed by atoms with Crippen LogP contribution in [0.15, 0.2) is 47.8 Å². The smallest absolute Gasteiger partial charge is 0.357 e. The molecule has 0 saturated heterocycles. The summed E-state index contributed by atoms with van der Waals surface area (Å²) >= 11 is 1.35. The van der Waals surface area contributed by atoms with Gasteiger partial charge in [-0.05, 0) is 36.8 Å². The summed E-state index contributed by atoms with van der Waals surface area (Å²) in [6.45, 7) is 4.28. The Balaban J connectivity index is 1.85. The largest absolute Gasteiger partial charge is 0.464 e. The van der Waals surface area contributed by atoms with Crippen LogP contribution in [0.3, 0.4) is 0 Å². The van der Waals surface area contributed by atoms with E-state index in [1.807, 2.05) is 56.3 Å². The Morgan fingerprint density at radius 1 is 1.15 bits per heavy atom. The van der Waals surface area contributed by atoms with Crippen LogP contribution in [-0.4, -0.2) is 34.9 Å². The summed E-state index contributed by atoms with van der Waals surface area (Å²) in [7, 11) is 1.32. The number of thiazole rings is 1. The van der Waals surface area contributed by atoms with E-state index < -0.39 is 5.97 Å². The number of aromatic nitrogens is 1. The Bertz CT molecular complexity index is 949. The van der Waals surface area contributed by atoms with E-state index in [2.05, 4.69) is 9.72 Å². The lowest BCUT2D eigenvalue weighted by Gasteiger charge is -2.26. The van der Waals surface area contributed by atoms with Crippen LogP contribution in [0.4, 0.5) is 0 Å². The molecule has 0 fully saturated rings. The average Bonchev–Trinajstić information content (AvgIpc) is 3.13. The fourth-order valence-corrected chi connectivity index (χ4v) is 3.47. The topological polar surface area (TPSA) is 59.5 Å². The van der Waals surface area contributed by atoms with Crippen molar-refractivity contribution in [3.8, 4) is 0 Å². The lowest BCUT2D eigenvalue weighted by atomic mass is 10.1. The number of amides is 1. The molecule has 0 aliphatic carbocycles. The molecule has 0 spiro atoms. The van der Waals surface area contributed by atoms with E-state index in [0.717, 1.165) is 10.8 Å². The maximum Gasteiger partial charge on any atom is 0.357 e. The van der Waals surface area contributed by atoms with Gasteiger partial charge < -0.3 is 9.64 Å². The summed E-state index contributed by atoms with van der Waals surface area (Å²) in [6.07, 6.45) is 0. The second-order valence-corrected chi connectivity index (χ2v) is 7.15. The number of rotatable bonds is 5. The number of methoxy groups -OCH3 is 1. The quantitative estimate of drug-likeness (QED) is 0.635. The Morgan fingerprint density at radius 3 is 2.58 bits per heavy atom. The first kappa shape index (κ1) is 18.1. The molecule has 0 N–H and O–H groups in total. The standard InChI is InChI=1S/C20H20N2O3S/c1-13(2)22(11-18-21-17(12-26-18)20(24)25-3)19(23)16-9-8-14-6-4-5-7-15(14)10-16/h4-10,12-13H,11H2,1-3H3. The first-order valence-electron chi connectivity index (χ1n) is 8.32. The third-order valence-electron chi connectivity index (χ3n) is 4.13. The molecule has 1 aromatic heterocycles. The van der Waals surface area contributed by atoms with Gasteiger partial charge in [-0.2, -0.15) is 0 Å². The molecule has 3 aromatic rings. The predicted octanol–water partition coefficient (Wildman–Crippen LogP) is 4.13. The lowest BCUT2D eigenvalue weighted by molar-refractivity contribution is 0.0594. The van der Waals surface area contributed by atoms with Gasteiger partial charge in [-0.1, -0.05) is 30.3 Å². The van der Waals surface area contributed by atoms with Gasteiger partial charge >= 0.3 is 5.97 Å². The van der Waals surface area contributed by atoms with Crippen molar-refractivity contribution in [2.24, 2.45) is 0 Å². The van der Waals surface area contributed by atoms with Gasteiger partial charge in [0, 0.05) is 17.0 Å². The first-order chi connectivity index (χ1) is 12.5. The first-order valence-corrected chi connectivity index (χ1v) is 9.20. The van der Waals surface area contributed by atoms with Gasteiger partial charge in [-0.3, -0.25) is 4.79 Å². The fraction of sp³-hybridized carbons (Fsp3) is 0.250. The van der Waals surface area contributed by atoms with Crippen molar-refractivity contribution in [2.75, 3.05) is 7.11 Å². The van der Waals surface area contributed by atoms with Crippen LogP contribution >= 0.6 is 11.3 Å². The SMILES string of the molecule is COC(=O)c1csc(CN(C(=O)c2ccc3ccccc3c2)C(C)C)n1. The molecule has 2 aromatic carbocycles. The zero-order valence-corrected chi connectivity index (χ0v) is 15.7. The number of ether oxygens (including phenoxy) is 1. The molecule has 134 valence electrons. The second kappa shape index (κ2) is 7.66. The summed E-state index contributed by atoms with van der Waals surface area (Å²) in [5.74, 6) is -0.523. The van der Waals surface area contributed by atoms with Crippen LogP contribution in [0, 0.1) is 0 Å². The molecule has 0 bridgehead atoms. The molecule has 1 amide bonds. The maximum absolute atomic E-state index is 13.0. The summed E-state index contributed by atoms with van der Waals surface area (Å²) in [4.78, 5) is 30.6. The van der Waals surface area contributed by atoms with Crippen LogP contribution < -0.4 is 0 Å². The van der Waals surface area contributed by atoms with Crippen LogP contribution in [0.1, 0.15) is 39.7 Å². The van der Waals surface area contributed by atoms with Gasteiger partial charge in [0.2, 0.25) is 0 Å². The van der Waals surface area contributed by atoms with Gasteiger partial charge in [0.15, 0.2) is 5.69 Å². The van der Waals surface area contributed by atoms with Crippen molar-refractivity contribution in [3.63, 3.8) is 0 Å². The molecule has 0 unspecified atom stereocenters. The van der Waals surface area contributed by atoms with Crippen molar-refractivity contribution in [3.05, 3.63) is 64.1 Å². The van der Waals surface area contributed by atoms with Crippen LogP contribution in [0.25, 0.3) is 10.8 Å². The Hall–Kier alpha value is -2.73. The molecule has 0 aliphatic rings. The molecule has 0 saturated carbocycles. The summed E-state index contributed by atoms with van der Waals surface area (Å²) in [6, 6.07) is 13.7. The van der Waals surface area contributed by atoms with Crippen LogP contribution in [0.2, 0.25) is 0 Å². The molecule has 1 heterocycles. The van der Waals surface area contributed by atoms with Gasteiger partial charge in [0.25, 0.3) is 5.91 Å². The van der Waals surface area contributed by atoms with Gasteiger partial charge in [-0.25, -0.2) is 9.78 Å². The van der Waals surface area contributed by atoms with E-state index in [-0.39, 0.29) is 17.6 Å². The Labute approximate surface area is 156 Å². The molecular formula is C20H20N2O3S. The molecule has 26 heavy (non-hydrogen) atoms. The highest BCUT2D eigenvalue weighted by atomic mass is 32.1. The lowest BCUT2D eigenvalue weighted by Crippen LogP contribution is -2.36. The summed E-state index contributed by atoms with van der Waals surface area (Å²) in [5, 5.41) is 4.49. The molecule has 0 aliphatic heterocycles. The number of hydrogen-bond acceptors (Lipinski definition) is 5. The highest BCUT2D eigenvalue weighted by molar-refractivity contribution is 7.09. The molecule has 0 atom stereocenters. The van der Waals surface area contributed by atoms with Gasteiger partial charge in [0.1, 0.15) is 5.01 Å². The Morgan fingerprint density at radius 2 is 1.88 bits per heavy atom. The summed E-state index contributed by atoms with van der Waals surface area (Å²) in [5.41, 5.74) is 0.913. The van der Waals surface area contributed by atoms with Crippen molar-refractivity contribution in [1.82, 2.24) is 9.88 Å². The number of carbonyl (C=O) groups excluding carboxylic acids is 2. The minimum absolute atomic E-state index is 0.000512. The monoisotopic (exact) mass is 368 g/mol. The number of nitrogens with zero attached hydrogens (tertiary/aromatic N) is 2. The predicted molar refractivity (Wildman–Crippen MR) is 102 cm³/mol. The van der Waals surface area contributed by atoms with E-state index in [0.29, 0.717) is 17.1 Å². The Kier molecular flexibility index (Phi) is 5.32. The van der Waals surface area contributed by atoms with Crippen molar-refractivity contribution in [1.29, 1.82) is 0 Å². The van der Waals surface area contributed by atoms with Crippen molar-refractivity contribution < 1.29 is 14.3 Å². The molecule has 6 heteroatoms. The van der Waals surface area contributed by atoms with E-state index in [1.54, 1.807) is 10.3 Å². The average molecular weight is 368 g/mol. The minimum atomic E-state index is -0.468. The number of esters is 1. The van der Waals surface area contributed by atoms with Crippen molar-refractivity contribution in [2.45, 2.75) is 26.4 Å².